The van der Waals surface area contributed by atoms with Gasteiger partial charge in [-0.15, -0.1) is 11.3 Å². The van der Waals surface area contributed by atoms with Crippen LogP contribution < -0.4 is 10.2 Å². The van der Waals surface area contributed by atoms with Gasteiger partial charge in [0.15, 0.2) is 5.11 Å². The zero-order valence-electron chi connectivity index (χ0n) is 13.8. The van der Waals surface area contributed by atoms with Gasteiger partial charge in [0.1, 0.15) is 0 Å². The Morgan fingerprint density at radius 1 is 1.15 bits per heavy atom. The predicted octanol–water partition coefficient (Wildman–Crippen LogP) is 6.15. The van der Waals surface area contributed by atoms with Crippen molar-refractivity contribution in [2.45, 2.75) is 19.0 Å². The lowest BCUT2D eigenvalue weighted by Crippen LogP contribution is -2.29. The van der Waals surface area contributed by atoms with E-state index < -0.39 is 0 Å². The van der Waals surface area contributed by atoms with Crippen LogP contribution in [0.5, 0.6) is 0 Å². The summed E-state index contributed by atoms with van der Waals surface area (Å²) in [4.78, 5) is 8.01. The molecule has 2 aromatic heterocycles. The van der Waals surface area contributed by atoms with Crippen molar-refractivity contribution in [1.29, 1.82) is 0 Å². The maximum Gasteiger partial charge on any atom is 0.174 e. The highest BCUT2D eigenvalue weighted by molar-refractivity contribution is 9.11. The van der Waals surface area contributed by atoms with Crippen molar-refractivity contribution in [3.63, 3.8) is 0 Å². The number of halogens is 2. The molecule has 2 atom stereocenters. The predicted molar refractivity (Wildman–Crippen MR) is 119 cm³/mol. The third-order valence-electron chi connectivity index (χ3n) is 4.40. The number of hydrogen-bond acceptors (Lipinski definition) is 3. The molecule has 3 nitrogen and oxygen atoms in total. The van der Waals surface area contributed by atoms with Gasteiger partial charge in [0.2, 0.25) is 0 Å². The second kappa shape index (κ2) is 7.38. The van der Waals surface area contributed by atoms with Crippen molar-refractivity contribution in [2.75, 3.05) is 4.90 Å². The molecule has 1 aliphatic rings. The lowest BCUT2D eigenvalue weighted by Gasteiger charge is -2.27. The zero-order chi connectivity index (χ0) is 18.3. The normalized spacial score (nSPS) is 19.7. The van der Waals surface area contributed by atoms with E-state index in [1.54, 1.807) is 11.3 Å². The third-order valence-corrected chi connectivity index (χ3v) is 7.30. The summed E-state index contributed by atoms with van der Waals surface area (Å²) in [6.07, 6.45) is 1.83. The third kappa shape index (κ3) is 3.33. The number of aromatic nitrogens is 1. The minimum absolute atomic E-state index is 0.00166. The lowest BCUT2D eigenvalue weighted by molar-refractivity contribution is 0.575. The number of hydrogen-bond donors (Lipinski definition) is 1. The van der Waals surface area contributed by atoms with E-state index in [2.05, 4.69) is 84.3 Å². The van der Waals surface area contributed by atoms with Gasteiger partial charge < -0.3 is 10.2 Å². The second-order valence-corrected chi connectivity index (χ2v) is 9.81. The molecule has 132 valence electrons. The van der Waals surface area contributed by atoms with Gasteiger partial charge in [0, 0.05) is 21.2 Å². The van der Waals surface area contributed by atoms with Gasteiger partial charge in [-0.05, 0) is 83.1 Å². The fourth-order valence-corrected chi connectivity index (χ4v) is 5.33. The first-order valence-corrected chi connectivity index (χ1v) is 10.9. The molecule has 7 heteroatoms. The maximum atomic E-state index is 5.73. The van der Waals surface area contributed by atoms with Crippen molar-refractivity contribution in [1.82, 2.24) is 10.3 Å². The van der Waals surface area contributed by atoms with Crippen LogP contribution in [-0.4, -0.2) is 10.1 Å². The molecule has 3 heterocycles. The minimum atomic E-state index is -0.00166. The van der Waals surface area contributed by atoms with Crippen LogP contribution in [0.1, 0.15) is 28.2 Å². The monoisotopic (exact) mass is 507 g/mol. The molecule has 0 unspecified atom stereocenters. The topological polar surface area (TPSA) is 28.2 Å². The number of thiophene rings is 1. The molecule has 1 N–H and O–H groups in total. The van der Waals surface area contributed by atoms with E-state index in [1.165, 1.54) is 10.4 Å². The summed E-state index contributed by atoms with van der Waals surface area (Å²) in [5, 5.41) is 4.20. The molecule has 0 bridgehead atoms. The number of pyridine rings is 1. The number of anilines is 1. The average molecular weight is 509 g/mol. The molecule has 1 fully saturated rings. The Morgan fingerprint density at radius 2 is 2.00 bits per heavy atom. The minimum Gasteiger partial charge on any atom is -0.351 e. The molecule has 0 aliphatic carbocycles. The van der Waals surface area contributed by atoms with E-state index in [0.717, 1.165) is 24.8 Å². The molecule has 1 aromatic carbocycles. The van der Waals surface area contributed by atoms with Crippen LogP contribution in [0.2, 0.25) is 0 Å². The molecule has 1 saturated heterocycles. The van der Waals surface area contributed by atoms with E-state index in [1.807, 2.05) is 24.4 Å². The summed E-state index contributed by atoms with van der Waals surface area (Å²) in [5.74, 6) is 0. The number of nitrogens with one attached hydrogen (secondary N) is 1. The number of benzene rings is 1. The molecule has 0 spiro atoms. The standard InChI is InChI=1S/C19H15Br2N3S2/c1-11-10-12(5-6-13(11)20)24-18(15-7-8-16(21)26-15)17(23-19(24)25)14-4-2-3-9-22-14/h2-10,17-18H,1H3,(H,23,25)/t17-,18+/m0/s1. The van der Waals surface area contributed by atoms with Crippen LogP contribution in [0.25, 0.3) is 0 Å². The number of thiocarbonyl (C=S) groups is 1. The Bertz CT molecular complexity index is 958. The first-order valence-electron chi connectivity index (χ1n) is 8.06. The van der Waals surface area contributed by atoms with Crippen LogP contribution in [0.4, 0.5) is 5.69 Å². The second-order valence-electron chi connectivity index (χ2n) is 6.07. The van der Waals surface area contributed by atoms with Gasteiger partial charge in [-0.25, -0.2) is 0 Å². The molecular weight excluding hydrogens is 494 g/mol. The summed E-state index contributed by atoms with van der Waals surface area (Å²) in [6.45, 7) is 2.09. The van der Waals surface area contributed by atoms with Crippen LogP contribution in [0.15, 0.2) is 63.0 Å². The van der Waals surface area contributed by atoms with E-state index >= 15 is 0 Å². The summed E-state index contributed by atoms with van der Waals surface area (Å²) in [5.41, 5.74) is 3.24. The SMILES string of the molecule is Cc1cc(N2C(=S)N[C@@H](c3ccccn3)[C@H]2c2ccc(Br)s2)ccc1Br. The van der Waals surface area contributed by atoms with Crippen molar-refractivity contribution in [3.05, 3.63) is 79.1 Å². The highest BCUT2D eigenvalue weighted by Gasteiger charge is 2.41. The summed E-state index contributed by atoms with van der Waals surface area (Å²) < 4.78 is 2.20. The Morgan fingerprint density at radius 3 is 2.65 bits per heavy atom. The molecule has 1 aliphatic heterocycles. The summed E-state index contributed by atoms with van der Waals surface area (Å²) in [7, 11) is 0. The average Bonchev–Trinajstić information content (AvgIpc) is 3.21. The molecule has 0 amide bonds. The molecule has 4 rings (SSSR count). The quantitative estimate of drug-likeness (QED) is 0.429. The van der Waals surface area contributed by atoms with Crippen molar-refractivity contribution >= 4 is 66.2 Å². The Hall–Kier alpha value is -1.28. The van der Waals surface area contributed by atoms with Crippen molar-refractivity contribution < 1.29 is 0 Å². The van der Waals surface area contributed by atoms with Gasteiger partial charge in [-0.2, -0.15) is 0 Å². The number of nitrogens with zero attached hydrogens (tertiary/aromatic N) is 2. The molecule has 0 radical (unpaired) electrons. The summed E-state index contributed by atoms with van der Waals surface area (Å²) >= 11 is 14.6. The van der Waals surface area contributed by atoms with Crippen LogP contribution in [0.3, 0.4) is 0 Å². The van der Waals surface area contributed by atoms with E-state index in [0.29, 0.717) is 0 Å². The van der Waals surface area contributed by atoms with Crippen LogP contribution >= 0.6 is 55.4 Å². The fourth-order valence-electron chi connectivity index (χ4n) is 3.19. The summed E-state index contributed by atoms with van der Waals surface area (Å²) in [6, 6.07) is 16.6. The van der Waals surface area contributed by atoms with Gasteiger partial charge in [0.25, 0.3) is 0 Å². The number of rotatable bonds is 3. The Labute approximate surface area is 178 Å². The van der Waals surface area contributed by atoms with Crippen LogP contribution in [0, 0.1) is 6.92 Å². The molecular formula is C19H15Br2N3S2. The molecule has 0 saturated carbocycles. The number of aryl methyl sites for hydroxylation is 1. The highest BCUT2D eigenvalue weighted by atomic mass is 79.9. The molecule has 3 aromatic rings. The van der Waals surface area contributed by atoms with Crippen LogP contribution in [-0.2, 0) is 0 Å². The van der Waals surface area contributed by atoms with Gasteiger partial charge in [-0.3, -0.25) is 4.98 Å². The van der Waals surface area contributed by atoms with Gasteiger partial charge >= 0.3 is 0 Å². The van der Waals surface area contributed by atoms with Gasteiger partial charge in [-0.1, -0.05) is 22.0 Å². The molecule has 26 heavy (non-hydrogen) atoms. The first kappa shape index (κ1) is 18.1. The van der Waals surface area contributed by atoms with Crippen molar-refractivity contribution in [2.24, 2.45) is 0 Å². The fraction of sp³-hybridized carbons (Fsp3) is 0.158. The lowest BCUT2D eigenvalue weighted by atomic mass is 10.0. The Kier molecular flexibility index (Phi) is 5.14. The highest BCUT2D eigenvalue weighted by Crippen LogP contribution is 2.44. The Balaban J connectivity index is 1.83. The first-order chi connectivity index (χ1) is 12.5. The van der Waals surface area contributed by atoms with E-state index in [4.69, 9.17) is 12.2 Å². The smallest absolute Gasteiger partial charge is 0.174 e. The zero-order valence-corrected chi connectivity index (χ0v) is 18.6. The largest absolute Gasteiger partial charge is 0.351 e. The maximum absolute atomic E-state index is 5.73. The van der Waals surface area contributed by atoms with Gasteiger partial charge in [0.05, 0.1) is 21.6 Å². The van der Waals surface area contributed by atoms with E-state index in [9.17, 15) is 0 Å². The van der Waals surface area contributed by atoms with Crippen molar-refractivity contribution in [3.8, 4) is 0 Å². The van der Waals surface area contributed by atoms with E-state index in [-0.39, 0.29) is 12.1 Å².